The van der Waals surface area contributed by atoms with Crippen molar-refractivity contribution in [2.75, 3.05) is 5.43 Å². The van der Waals surface area contributed by atoms with Crippen LogP contribution in [0.25, 0.3) is 6.08 Å². The Bertz CT molecular complexity index is 514. The molecule has 0 spiro atoms. The van der Waals surface area contributed by atoms with Crippen LogP contribution in [0.4, 0.5) is 0 Å². The number of amides is 1. The summed E-state index contributed by atoms with van der Waals surface area (Å²) in [6.45, 7) is 2.02. The first-order valence-corrected chi connectivity index (χ1v) is 5.14. The van der Waals surface area contributed by atoms with Crippen molar-refractivity contribution in [3.8, 4) is 0 Å². The SMILES string of the molecule is Cc1ccc(C=CC(=O)Nn2cnnc2)cc1. The van der Waals surface area contributed by atoms with Crippen molar-refractivity contribution in [1.82, 2.24) is 14.9 Å². The van der Waals surface area contributed by atoms with Gasteiger partial charge in [0, 0.05) is 6.08 Å². The van der Waals surface area contributed by atoms with Crippen molar-refractivity contribution in [1.29, 1.82) is 0 Å². The van der Waals surface area contributed by atoms with E-state index in [1.165, 1.54) is 29.0 Å². The highest BCUT2D eigenvalue weighted by Gasteiger charge is 1.95. The Morgan fingerprint density at radius 3 is 2.53 bits per heavy atom. The monoisotopic (exact) mass is 228 g/mol. The summed E-state index contributed by atoms with van der Waals surface area (Å²) in [7, 11) is 0. The summed E-state index contributed by atoms with van der Waals surface area (Å²) in [6.07, 6.45) is 6.04. The van der Waals surface area contributed by atoms with Gasteiger partial charge in [0.05, 0.1) is 0 Å². The number of carbonyl (C=O) groups is 1. The summed E-state index contributed by atoms with van der Waals surface area (Å²) < 4.78 is 1.39. The van der Waals surface area contributed by atoms with E-state index in [9.17, 15) is 4.79 Å². The van der Waals surface area contributed by atoms with E-state index >= 15 is 0 Å². The zero-order chi connectivity index (χ0) is 12.1. The third-order valence-electron chi connectivity index (χ3n) is 2.16. The summed E-state index contributed by atoms with van der Waals surface area (Å²) >= 11 is 0. The Labute approximate surface area is 98.8 Å². The maximum absolute atomic E-state index is 11.5. The Morgan fingerprint density at radius 2 is 1.88 bits per heavy atom. The molecule has 0 radical (unpaired) electrons. The van der Waals surface area contributed by atoms with Gasteiger partial charge in [-0.3, -0.25) is 10.2 Å². The number of aromatic nitrogens is 3. The molecule has 5 heteroatoms. The van der Waals surface area contributed by atoms with E-state index in [0.717, 1.165) is 5.56 Å². The van der Waals surface area contributed by atoms with E-state index in [-0.39, 0.29) is 5.91 Å². The van der Waals surface area contributed by atoms with Crippen LogP contribution in [0.3, 0.4) is 0 Å². The first-order valence-electron chi connectivity index (χ1n) is 5.14. The molecule has 0 aliphatic rings. The van der Waals surface area contributed by atoms with Crippen LogP contribution < -0.4 is 5.43 Å². The van der Waals surface area contributed by atoms with Crippen LogP contribution in [0, 0.1) is 6.92 Å². The number of aryl methyl sites for hydroxylation is 1. The number of carbonyl (C=O) groups excluding carboxylic acids is 1. The average molecular weight is 228 g/mol. The lowest BCUT2D eigenvalue weighted by Crippen LogP contribution is -2.18. The van der Waals surface area contributed by atoms with Crippen LogP contribution in [0.5, 0.6) is 0 Å². The number of rotatable bonds is 3. The maximum atomic E-state index is 11.5. The fourth-order valence-electron chi connectivity index (χ4n) is 1.27. The number of nitrogens with zero attached hydrogens (tertiary/aromatic N) is 3. The van der Waals surface area contributed by atoms with Crippen LogP contribution in [-0.4, -0.2) is 20.8 Å². The van der Waals surface area contributed by atoms with Gasteiger partial charge in [-0.15, -0.1) is 10.2 Å². The Morgan fingerprint density at radius 1 is 1.24 bits per heavy atom. The first-order chi connectivity index (χ1) is 8.24. The number of hydrogen-bond acceptors (Lipinski definition) is 3. The second-order valence-electron chi connectivity index (χ2n) is 3.59. The van der Waals surface area contributed by atoms with E-state index in [1.807, 2.05) is 31.2 Å². The highest BCUT2D eigenvalue weighted by atomic mass is 16.2. The quantitative estimate of drug-likeness (QED) is 0.807. The summed E-state index contributed by atoms with van der Waals surface area (Å²) in [5, 5.41) is 7.15. The molecule has 86 valence electrons. The predicted molar refractivity (Wildman–Crippen MR) is 64.6 cm³/mol. The van der Waals surface area contributed by atoms with Crippen LogP contribution >= 0.6 is 0 Å². The van der Waals surface area contributed by atoms with Crippen LogP contribution in [0.2, 0.25) is 0 Å². The predicted octanol–water partition coefficient (Wildman–Crippen LogP) is 1.37. The van der Waals surface area contributed by atoms with Gasteiger partial charge in [-0.25, -0.2) is 4.68 Å². The Kier molecular flexibility index (Phi) is 3.30. The molecule has 0 saturated heterocycles. The lowest BCUT2D eigenvalue weighted by Gasteiger charge is -1.99. The van der Waals surface area contributed by atoms with Crippen molar-refractivity contribution in [2.24, 2.45) is 0 Å². The van der Waals surface area contributed by atoms with Gasteiger partial charge in [0.2, 0.25) is 0 Å². The molecule has 1 amide bonds. The minimum absolute atomic E-state index is 0.231. The van der Waals surface area contributed by atoms with E-state index in [0.29, 0.717) is 0 Å². The third kappa shape index (κ3) is 3.27. The summed E-state index contributed by atoms with van der Waals surface area (Å²) in [4.78, 5) is 11.5. The minimum atomic E-state index is -0.231. The molecule has 1 aromatic carbocycles. The summed E-state index contributed by atoms with van der Waals surface area (Å²) in [5.74, 6) is -0.231. The molecule has 1 N–H and O–H groups in total. The summed E-state index contributed by atoms with van der Waals surface area (Å²) in [5.41, 5.74) is 4.74. The smallest absolute Gasteiger partial charge is 0.262 e. The molecule has 0 fully saturated rings. The van der Waals surface area contributed by atoms with Crippen LogP contribution in [-0.2, 0) is 4.79 Å². The number of nitrogens with one attached hydrogen (secondary N) is 1. The van der Waals surface area contributed by atoms with Crippen molar-refractivity contribution < 1.29 is 4.79 Å². The molecule has 0 unspecified atom stereocenters. The van der Waals surface area contributed by atoms with Crippen molar-refractivity contribution in [3.05, 3.63) is 54.1 Å². The Balaban J connectivity index is 1.96. The topological polar surface area (TPSA) is 59.8 Å². The molecule has 1 aromatic heterocycles. The van der Waals surface area contributed by atoms with Gasteiger partial charge in [-0.05, 0) is 18.6 Å². The van der Waals surface area contributed by atoms with Gasteiger partial charge in [0.1, 0.15) is 12.7 Å². The van der Waals surface area contributed by atoms with Gasteiger partial charge >= 0.3 is 0 Å². The fourth-order valence-corrected chi connectivity index (χ4v) is 1.27. The zero-order valence-corrected chi connectivity index (χ0v) is 9.37. The molecular formula is C12H12N4O. The first kappa shape index (κ1) is 11.1. The van der Waals surface area contributed by atoms with E-state index in [4.69, 9.17) is 0 Å². The van der Waals surface area contributed by atoms with Gasteiger partial charge in [0.25, 0.3) is 5.91 Å². The number of benzene rings is 1. The molecule has 0 bridgehead atoms. The van der Waals surface area contributed by atoms with E-state index in [2.05, 4.69) is 15.6 Å². The van der Waals surface area contributed by atoms with Gasteiger partial charge in [-0.1, -0.05) is 29.8 Å². The van der Waals surface area contributed by atoms with Gasteiger partial charge < -0.3 is 0 Å². The molecule has 0 atom stereocenters. The largest absolute Gasteiger partial charge is 0.268 e. The normalized spacial score (nSPS) is 10.6. The average Bonchev–Trinajstić information content (AvgIpc) is 2.81. The van der Waals surface area contributed by atoms with E-state index in [1.54, 1.807) is 6.08 Å². The molecule has 17 heavy (non-hydrogen) atoms. The molecule has 5 nitrogen and oxygen atoms in total. The van der Waals surface area contributed by atoms with Gasteiger partial charge in [0.15, 0.2) is 0 Å². The van der Waals surface area contributed by atoms with Crippen LogP contribution in [0.1, 0.15) is 11.1 Å². The van der Waals surface area contributed by atoms with Crippen molar-refractivity contribution in [2.45, 2.75) is 6.92 Å². The minimum Gasteiger partial charge on any atom is -0.268 e. The zero-order valence-electron chi connectivity index (χ0n) is 9.37. The molecule has 0 aliphatic carbocycles. The number of hydrogen-bond donors (Lipinski definition) is 1. The second kappa shape index (κ2) is 5.07. The lowest BCUT2D eigenvalue weighted by molar-refractivity contribution is -0.112. The van der Waals surface area contributed by atoms with Crippen molar-refractivity contribution >= 4 is 12.0 Å². The Hall–Kier alpha value is -2.43. The molecule has 0 aliphatic heterocycles. The molecule has 2 rings (SSSR count). The molecule has 2 aromatic rings. The molecule has 0 saturated carbocycles. The van der Waals surface area contributed by atoms with Crippen LogP contribution in [0.15, 0.2) is 43.0 Å². The highest BCUT2D eigenvalue weighted by Crippen LogP contribution is 2.04. The van der Waals surface area contributed by atoms with E-state index < -0.39 is 0 Å². The molecule has 1 heterocycles. The standard InChI is InChI=1S/C12H12N4O/c1-10-2-4-11(5-3-10)6-7-12(17)15-16-8-13-14-9-16/h2-9H,1H3,(H,15,17). The van der Waals surface area contributed by atoms with Gasteiger partial charge in [-0.2, -0.15) is 0 Å². The fraction of sp³-hybridized carbons (Fsp3) is 0.0833. The molecular weight excluding hydrogens is 216 g/mol. The highest BCUT2D eigenvalue weighted by molar-refractivity contribution is 5.97. The third-order valence-corrected chi connectivity index (χ3v) is 2.16. The maximum Gasteiger partial charge on any atom is 0.262 e. The summed E-state index contributed by atoms with van der Waals surface area (Å²) in [6, 6.07) is 7.91. The van der Waals surface area contributed by atoms with Crippen molar-refractivity contribution in [3.63, 3.8) is 0 Å². The second-order valence-corrected chi connectivity index (χ2v) is 3.59. The lowest BCUT2D eigenvalue weighted by atomic mass is 10.1.